The van der Waals surface area contributed by atoms with E-state index in [2.05, 4.69) is 19.9 Å². The Bertz CT molecular complexity index is 581. The van der Waals surface area contributed by atoms with E-state index in [1.54, 1.807) is 16.7 Å². The molecule has 2 nitrogen and oxygen atoms in total. The summed E-state index contributed by atoms with van der Waals surface area (Å²) in [5, 5.41) is 0. The van der Waals surface area contributed by atoms with Crippen LogP contribution in [0.2, 0.25) is 0 Å². The number of ether oxygens (including phenoxy) is 2. The standard InChI is InChI=1S/C22H32O2/c1-14-3-4-16-5-6-18-19-7-8-22(23-9-10-24-22)21(19)12-15(2)20(18)13-17(16)11-14/h13-16,19,21H,3-12H2,1-2H3. The molecule has 4 aliphatic carbocycles. The molecule has 2 heteroatoms. The maximum Gasteiger partial charge on any atom is 0.171 e. The van der Waals surface area contributed by atoms with Crippen molar-refractivity contribution in [3.05, 3.63) is 22.8 Å². The van der Waals surface area contributed by atoms with Crippen molar-refractivity contribution in [2.75, 3.05) is 13.2 Å². The molecular weight excluding hydrogens is 296 g/mol. The van der Waals surface area contributed by atoms with E-state index >= 15 is 0 Å². The summed E-state index contributed by atoms with van der Waals surface area (Å²) in [6, 6.07) is 0. The van der Waals surface area contributed by atoms with Crippen molar-refractivity contribution in [2.24, 2.45) is 29.6 Å². The Hall–Kier alpha value is -0.600. The highest BCUT2D eigenvalue weighted by Crippen LogP contribution is 2.57. The number of rotatable bonds is 0. The monoisotopic (exact) mass is 328 g/mol. The number of allylic oxidation sites excluding steroid dienone is 4. The minimum absolute atomic E-state index is 0.224. The van der Waals surface area contributed by atoms with Crippen molar-refractivity contribution in [3.63, 3.8) is 0 Å². The van der Waals surface area contributed by atoms with Crippen LogP contribution in [0.1, 0.15) is 65.2 Å². The third-order valence-corrected chi connectivity index (χ3v) is 7.81. The minimum atomic E-state index is -0.224. The summed E-state index contributed by atoms with van der Waals surface area (Å²) in [6.45, 7) is 6.49. The number of hydrogen-bond donors (Lipinski definition) is 0. The summed E-state index contributed by atoms with van der Waals surface area (Å²) in [6.07, 6.45) is 13.2. The molecule has 1 spiro atoms. The average molecular weight is 328 g/mol. The lowest BCUT2D eigenvalue weighted by molar-refractivity contribution is -0.188. The predicted octanol–water partition coefficient (Wildman–Crippen LogP) is 5.25. The molecule has 0 N–H and O–H groups in total. The van der Waals surface area contributed by atoms with Crippen LogP contribution >= 0.6 is 0 Å². The van der Waals surface area contributed by atoms with Gasteiger partial charge in [-0.2, -0.15) is 0 Å². The normalized spacial score (nSPS) is 43.9. The van der Waals surface area contributed by atoms with E-state index in [9.17, 15) is 0 Å². The molecule has 5 atom stereocenters. The van der Waals surface area contributed by atoms with Crippen molar-refractivity contribution in [1.29, 1.82) is 0 Å². The molecule has 5 unspecified atom stereocenters. The van der Waals surface area contributed by atoms with E-state index in [0.29, 0.717) is 11.8 Å². The fourth-order valence-corrected chi connectivity index (χ4v) is 6.62. The van der Waals surface area contributed by atoms with Gasteiger partial charge in [0.25, 0.3) is 0 Å². The van der Waals surface area contributed by atoms with Gasteiger partial charge in [-0.1, -0.05) is 31.1 Å². The van der Waals surface area contributed by atoms with Gasteiger partial charge in [0.15, 0.2) is 5.79 Å². The molecule has 24 heavy (non-hydrogen) atoms. The van der Waals surface area contributed by atoms with E-state index in [4.69, 9.17) is 9.47 Å². The quantitative estimate of drug-likeness (QED) is 0.605. The van der Waals surface area contributed by atoms with Crippen LogP contribution in [0, 0.1) is 29.6 Å². The first kappa shape index (κ1) is 15.6. The second-order valence-electron chi connectivity index (χ2n) is 9.22. The molecule has 0 amide bonds. The summed E-state index contributed by atoms with van der Waals surface area (Å²) in [5.41, 5.74) is 5.30. The zero-order chi connectivity index (χ0) is 16.3. The Balaban J connectivity index is 1.50. The summed E-state index contributed by atoms with van der Waals surface area (Å²) in [7, 11) is 0. The van der Waals surface area contributed by atoms with Crippen LogP contribution in [0.5, 0.6) is 0 Å². The second-order valence-corrected chi connectivity index (χ2v) is 9.22. The third-order valence-electron chi connectivity index (χ3n) is 7.81. The van der Waals surface area contributed by atoms with Crippen molar-refractivity contribution in [3.8, 4) is 0 Å². The van der Waals surface area contributed by atoms with Crippen LogP contribution in [-0.4, -0.2) is 19.0 Å². The lowest BCUT2D eigenvalue weighted by Gasteiger charge is -2.39. The first-order valence-electron chi connectivity index (χ1n) is 10.4. The van der Waals surface area contributed by atoms with Crippen LogP contribution in [0.25, 0.3) is 0 Å². The van der Waals surface area contributed by atoms with Gasteiger partial charge in [0, 0.05) is 12.3 Å². The lowest BCUT2D eigenvalue weighted by Crippen LogP contribution is -2.40. The van der Waals surface area contributed by atoms with Crippen molar-refractivity contribution in [2.45, 2.75) is 71.0 Å². The van der Waals surface area contributed by atoms with Gasteiger partial charge in [-0.3, -0.25) is 0 Å². The molecule has 0 aromatic carbocycles. The highest BCUT2D eigenvalue weighted by atomic mass is 16.7. The topological polar surface area (TPSA) is 18.5 Å². The number of hydrogen-bond acceptors (Lipinski definition) is 2. The molecule has 5 aliphatic rings. The van der Waals surface area contributed by atoms with Crippen molar-refractivity contribution >= 4 is 0 Å². The van der Waals surface area contributed by atoms with Gasteiger partial charge in [0.1, 0.15) is 0 Å². The Morgan fingerprint density at radius 3 is 2.71 bits per heavy atom. The highest BCUT2D eigenvalue weighted by molar-refractivity contribution is 5.39. The van der Waals surface area contributed by atoms with Crippen LogP contribution in [0.4, 0.5) is 0 Å². The molecule has 1 aliphatic heterocycles. The molecule has 0 bridgehead atoms. The lowest BCUT2D eigenvalue weighted by atomic mass is 9.70. The van der Waals surface area contributed by atoms with E-state index in [-0.39, 0.29) is 5.79 Å². The van der Waals surface area contributed by atoms with Crippen LogP contribution in [0.3, 0.4) is 0 Å². The maximum atomic E-state index is 6.18. The first-order chi connectivity index (χ1) is 11.7. The molecule has 3 fully saturated rings. The highest BCUT2D eigenvalue weighted by Gasteiger charge is 2.55. The fourth-order valence-electron chi connectivity index (χ4n) is 6.62. The smallest absolute Gasteiger partial charge is 0.171 e. The van der Waals surface area contributed by atoms with Gasteiger partial charge in [0.05, 0.1) is 13.2 Å². The molecule has 1 saturated heterocycles. The first-order valence-corrected chi connectivity index (χ1v) is 10.4. The van der Waals surface area contributed by atoms with Gasteiger partial charge >= 0.3 is 0 Å². The molecule has 0 aromatic rings. The van der Waals surface area contributed by atoms with Gasteiger partial charge in [-0.25, -0.2) is 0 Å². The summed E-state index contributed by atoms with van der Waals surface area (Å²) in [4.78, 5) is 0. The summed E-state index contributed by atoms with van der Waals surface area (Å²) < 4.78 is 12.4. The molecular formula is C22H32O2. The molecule has 0 aromatic heterocycles. The van der Waals surface area contributed by atoms with Gasteiger partial charge in [-0.15, -0.1) is 0 Å². The Morgan fingerprint density at radius 1 is 1.04 bits per heavy atom. The largest absolute Gasteiger partial charge is 0.347 e. The van der Waals surface area contributed by atoms with Gasteiger partial charge in [-0.05, 0) is 74.2 Å². The minimum Gasteiger partial charge on any atom is -0.347 e. The Labute approximate surface area is 146 Å². The SMILES string of the molecule is CC1CCC2CCC3=C(C=C2C1)C(C)CC1C3CCC12OCCO2. The molecule has 1 heterocycles. The average Bonchev–Trinajstić information content (AvgIpc) is 3.12. The van der Waals surface area contributed by atoms with Gasteiger partial charge < -0.3 is 9.47 Å². The zero-order valence-electron chi connectivity index (χ0n) is 15.4. The predicted molar refractivity (Wildman–Crippen MR) is 95.5 cm³/mol. The fraction of sp³-hybridized carbons (Fsp3) is 0.818. The van der Waals surface area contributed by atoms with Gasteiger partial charge in [0.2, 0.25) is 0 Å². The van der Waals surface area contributed by atoms with Crippen molar-refractivity contribution < 1.29 is 9.47 Å². The summed E-state index contributed by atoms with van der Waals surface area (Å²) in [5.74, 6) is 3.53. The Kier molecular flexibility index (Phi) is 3.72. The maximum absolute atomic E-state index is 6.18. The summed E-state index contributed by atoms with van der Waals surface area (Å²) >= 11 is 0. The van der Waals surface area contributed by atoms with Crippen LogP contribution in [0.15, 0.2) is 22.8 Å². The van der Waals surface area contributed by atoms with Crippen molar-refractivity contribution in [1.82, 2.24) is 0 Å². The molecule has 5 rings (SSSR count). The van der Waals surface area contributed by atoms with E-state index in [1.807, 2.05) is 0 Å². The van der Waals surface area contributed by atoms with E-state index in [0.717, 1.165) is 37.4 Å². The van der Waals surface area contributed by atoms with Crippen LogP contribution in [-0.2, 0) is 9.47 Å². The molecule has 132 valence electrons. The number of fused-ring (bicyclic) bond motifs is 4. The van der Waals surface area contributed by atoms with Crippen LogP contribution < -0.4 is 0 Å². The molecule has 0 radical (unpaired) electrons. The van der Waals surface area contributed by atoms with E-state index in [1.165, 1.54) is 44.9 Å². The second kappa shape index (κ2) is 5.71. The molecule has 2 saturated carbocycles. The zero-order valence-corrected chi connectivity index (χ0v) is 15.4. The van der Waals surface area contributed by atoms with E-state index < -0.39 is 0 Å². The third kappa shape index (κ3) is 2.29. The Morgan fingerprint density at radius 2 is 1.88 bits per heavy atom.